The molecule has 0 aliphatic heterocycles. The van der Waals surface area contributed by atoms with E-state index in [1.54, 1.807) is 17.7 Å². The summed E-state index contributed by atoms with van der Waals surface area (Å²) in [6.45, 7) is 3.91. The first kappa shape index (κ1) is 12.8. The molecule has 1 atom stereocenters. The van der Waals surface area contributed by atoms with E-state index in [-0.39, 0.29) is 6.61 Å². The molecule has 2 aromatic rings. The molecule has 0 saturated carbocycles. The predicted octanol–water partition coefficient (Wildman–Crippen LogP) is 1.75. The van der Waals surface area contributed by atoms with Crippen molar-refractivity contribution < 1.29 is 10.2 Å². The minimum Gasteiger partial charge on any atom is -0.394 e. The molecule has 0 bridgehead atoms. The van der Waals surface area contributed by atoms with E-state index < -0.39 is 6.10 Å². The quantitative estimate of drug-likeness (QED) is 0.654. The molecular weight excluding hydrogens is 256 g/mol. The van der Waals surface area contributed by atoms with E-state index >= 15 is 0 Å². The van der Waals surface area contributed by atoms with E-state index in [1.807, 2.05) is 0 Å². The second kappa shape index (κ2) is 5.30. The van der Waals surface area contributed by atoms with Gasteiger partial charge in [0.2, 0.25) is 0 Å². The van der Waals surface area contributed by atoms with Crippen LogP contribution in [0.3, 0.4) is 0 Å². The van der Waals surface area contributed by atoms with Gasteiger partial charge >= 0.3 is 0 Å². The second-order valence-electron chi connectivity index (χ2n) is 3.79. The first-order chi connectivity index (χ1) is 8.13. The third-order valence-corrected chi connectivity index (χ3v) is 4.80. The summed E-state index contributed by atoms with van der Waals surface area (Å²) in [6, 6.07) is 0. The molecule has 0 aliphatic rings. The van der Waals surface area contributed by atoms with Gasteiger partial charge in [0.1, 0.15) is 16.2 Å². The van der Waals surface area contributed by atoms with Crippen LogP contribution in [0.15, 0.2) is 11.4 Å². The van der Waals surface area contributed by atoms with E-state index in [0.29, 0.717) is 5.75 Å². The van der Waals surface area contributed by atoms with Crippen LogP contribution in [0, 0.1) is 13.8 Å². The summed E-state index contributed by atoms with van der Waals surface area (Å²) in [5.74, 6) is 0.441. The predicted molar refractivity (Wildman–Crippen MR) is 70.7 cm³/mol. The van der Waals surface area contributed by atoms with E-state index in [9.17, 15) is 5.11 Å². The van der Waals surface area contributed by atoms with E-state index in [4.69, 9.17) is 5.11 Å². The topological polar surface area (TPSA) is 66.2 Å². The summed E-state index contributed by atoms with van der Waals surface area (Å²) in [4.78, 5) is 10.7. The Hall–Kier alpha value is -0.690. The van der Waals surface area contributed by atoms with Crippen LogP contribution >= 0.6 is 23.1 Å². The molecule has 4 nitrogen and oxygen atoms in total. The number of aromatic nitrogens is 2. The van der Waals surface area contributed by atoms with Gasteiger partial charge in [-0.05, 0) is 19.4 Å². The number of fused-ring (bicyclic) bond motifs is 1. The van der Waals surface area contributed by atoms with Crippen molar-refractivity contribution in [2.75, 3.05) is 12.4 Å². The number of hydrogen-bond acceptors (Lipinski definition) is 6. The Morgan fingerprint density at radius 3 is 2.88 bits per heavy atom. The maximum absolute atomic E-state index is 9.35. The van der Waals surface area contributed by atoms with E-state index in [0.717, 1.165) is 15.2 Å². The monoisotopic (exact) mass is 270 g/mol. The van der Waals surface area contributed by atoms with Crippen LogP contribution in [0.2, 0.25) is 0 Å². The van der Waals surface area contributed by atoms with Crippen LogP contribution in [0.1, 0.15) is 10.4 Å². The van der Waals surface area contributed by atoms with Gasteiger partial charge in [-0.2, -0.15) is 0 Å². The highest BCUT2D eigenvalue weighted by Gasteiger charge is 2.13. The molecular formula is C11H14N2O2S2. The van der Waals surface area contributed by atoms with Gasteiger partial charge in [0.15, 0.2) is 0 Å². The molecule has 2 aromatic heterocycles. The molecule has 0 unspecified atom stereocenters. The van der Waals surface area contributed by atoms with Gasteiger partial charge in [0.25, 0.3) is 0 Å². The minimum atomic E-state index is -0.704. The molecule has 17 heavy (non-hydrogen) atoms. The number of rotatable bonds is 4. The highest BCUT2D eigenvalue weighted by molar-refractivity contribution is 7.99. The molecule has 0 saturated heterocycles. The average Bonchev–Trinajstić information content (AvgIpc) is 2.63. The van der Waals surface area contributed by atoms with Gasteiger partial charge in [-0.15, -0.1) is 23.1 Å². The zero-order valence-corrected chi connectivity index (χ0v) is 11.3. The number of aliphatic hydroxyl groups is 2. The van der Waals surface area contributed by atoms with Crippen LogP contribution in [0.4, 0.5) is 0 Å². The Morgan fingerprint density at radius 1 is 1.41 bits per heavy atom. The van der Waals surface area contributed by atoms with Gasteiger partial charge in [-0.25, -0.2) is 9.97 Å². The largest absolute Gasteiger partial charge is 0.394 e. The molecule has 0 fully saturated rings. The fraction of sp³-hybridized carbons (Fsp3) is 0.455. The van der Waals surface area contributed by atoms with Crippen molar-refractivity contribution in [3.63, 3.8) is 0 Å². The Labute approximate surface area is 108 Å². The Morgan fingerprint density at radius 2 is 2.18 bits per heavy atom. The summed E-state index contributed by atoms with van der Waals surface area (Å²) in [7, 11) is 0. The lowest BCUT2D eigenvalue weighted by molar-refractivity contribution is 0.113. The van der Waals surface area contributed by atoms with Crippen LogP contribution in [-0.4, -0.2) is 38.6 Å². The fourth-order valence-corrected chi connectivity index (χ4v) is 3.52. The summed E-state index contributed by atoms with van der Waals surface area (Å²) in [5, 5.41) is 20.1. The second-order valence-corrected chi connectivity index (χ2v) is 6.00. The fourth-order valence-electron chi connectivity index (χ4n) is 1.49. The van der Waals surface area contributed by atoms with Crippen molar-refractivity contribution in [2.24, 2.45) is 0 Å². The van der Waals surface area contributed by atoms with Crippen LogP contribution in [-0.2, 0) is 0 Å². The van der Waals surface area contributed by atoms with Gasteiger partial charge in [0, 0.05) is 16.0 Å². The van der Waals surface area contributed by atoms with Crippen molar-refractivity contribution in [3.05, 3.63) is 16.8 Å². The molecule has 0 amide bonds. The zero-order chi connectivity index (χ0) is 12.4. The standard InChI is InChI=1S/C11H14N2O2S2/c1-6-7(2)17-11-9(6)10(12-5-13-11)16-4-8(15)3-14/h5,8,14-15H,3-4H2,1-2H3/t8-/m1/s1. The highest BCUT2D eigenvalue weighted by Crippen LogP contribution is 2.34. The molecule has 2 rings (SSSR count). The Balaban J connectivity index is 2.33. The smallest absolute Gasteiger partial charge is 0.128 e. The number of thioether (sulfide) groups is 1. The molecule has 0 aliphatic carbocycles. The van der Waals surface area contributed by atoms with Crippen molar-refractivity contribution >= 4 is 33.3 Å². The Bertz CT molecular complexity index is 527. The normalized spacial score (nSPS) is 13.2. The lowest BCUT2D eigenvalue weighted by Gasteiger charge is -2.06. The zero-order valence-electron chi connectivity index (χ0n) is 9.67. The minimum absolute atomic E-state index is 0.219. The number of nitrogens with zero attached hydrogens (tertiary/aromatic N) is 2. The van der Waals surface area contributed by atoms with Gasteiger partial charge in [-0.3, -0.25) is 0 Å². The van der Waals surface area contributed by atoms with Gasteiger partial charge in [-0.1, -0.05) is 0 Å². The molecule has 2 heterocycles. The third kappa shape index (κ3) is 2.60. The molecule has 0 spiro atoms. The number of aliphatic hydroxyl groups excluding tert-OH is 2. The van der Waals surface area contributed by atoms with E-state index in [2.05, 4.69) is 23.8 Å². The van der Waals surface area contributed by atoms with Crippen molar-refractivity contribution in [1.82, 2.24) is 9.97 Å². The molecule has 6 heteroatoms. The maximum Gasteiger partial charge on any atom is 0.128 e. The molecule has 92 valence electrons. The lowest BCUT2D eigenvalue weighted by atomic mass is 10.2. The number of aryl methyl sites for hydroxylation is 2. The summed E-state index contributed by atoms with van der Waals surface area (Å²) in [6.07, 6.45) is 0.843. The first-order valence-corrected chi connectivity index (χ1v) is 7.06. The van der Waals surface area contributed by atoms with Crippen molar-refractivity contribution in [2.45, 2.75) is 25.0 Å². The van der Waals surface area contributed by atoms with Crippen LogP contribution in [0.5, 0.6) is 0 Å². The van der Waals surface area contributed by atoms with Crippen LogP contribution < -0.4 is 0 Å². The summed E-state index contributed by atoms with van der Waals surface area (Å²) >= 11 is 3.11. The molecule has 2 N–H and O–H groups in total. The third-order valence-electron chi connectivity index (χ3n) is 2.55. The molecule has 0 aromatic carbocycles. The number of thiophene rings is 1. The van der Waals surface area contributed by atoms with E-state index in [1.165, 1.54) is 22.2 Å². The summed E-state index contributed by atoms with van der Waals surface area (Å²) < 4.78 is 0. The lowest BCUT2D eigenvalue weighted by Crippen LogP contribution is -2.14. The van der Waals surface area contributed by atoms with Gasteiger partial charge < -0.3 is 10.2 Å². The summed E-state index contributed by atoms with van der Waals surface area (Å²) in [5.41, 5.74) is 1.20. The van der Waals surface area contributed by atoms with Crippen molar-refractivity contribution in [1.29, 1.82) is 0 Å². The SMILES string of the molecule is Cc1sc2ncnc(SC[C@H](O)CO)c2c1C. The van der Waals surface area contributed by atoms with Gasteiger partial charge in [0.05, 0.1) is 12.7 Å². The van der Waals surface area contributed by atoms with Crippen LogP contribution in [0.25, 0.3) is 10.2 Å². The Kier molecular flexibility index (Phi) is 3.98. The van der Waals surface area contributed by atoms with Crippen molar-refractivity contribution in [3.8, 4) is 0 Å². The first-order valence-electron chi connectivity index (χ1n) is 5.26. The number of hydrogen-bond donors (Lipinski definition) is 2. The maximum atomic E-state index is 9.35. The molecule has 0 radical (unpaired) electrons. The average molecular weight is 270 g/mol. The highest BCUT2D eigenvalue weighted by atomic mass is 32.2.